The first-order valence-electron chi connectivity index (χ1n) is 8.48. The summed E-state index contributed by atoms with van der Waals surface area (Å²) in [4.78, 5) is 12.2. The molecule has 2 aromatic carbocycles. The van der Waals surface area contributed by atoms with Crippen molar-refractivity contribution in [1.29, 1.82) is 0 Å². The SMILES string of the molecule is CNC(=O)[C@@H](Cc1ccccc1)NC[C@H]1CCOc2ccccc21. The lowest BCUT2D eigenvalue weighted by Crippen LogP contribution is -2.46. The number of likely N-dealkylation sites (N-methyl/N-ethyl adjacent to an activating group) is 1. The van der Waals surface area contributed by atoms with E-state index in [1.807, 2.05) is 36.4 Å². The molecule has 0 bridgehead atoms. The molecule has 24 heavy (non-hydrogen) atoms. The van der Waals surface area contributed by atoms with Gasteiger partial charge in [0.05, 0.1) is 12.6 Å². The number of fused-ring (bicyclic) bond motifs is 1. The average molecular weight is 324 g/mol. The number of benzene rings is 2. The maximum atomic E-state index is 12.2. The molecule has 0 unspecified atom stereocenters. The fourth-order valence-electron chi connectivity index (χ4n) is 3.19. The molecule has 3 rings (SSSR count). The highest BCUT2D eigenvalue weighted by molar-refractivity contribution is 5.81. The molecule has 2 aromatic rings. The maximum Gasteiger partial charge on any atom is 0.237 e. The van der Waals surface area contributed by atoms with Crippen LogP contribution in [0.3, 0.4) is 0 Å². The van der Waals surface area contributed by atoms with E-state index >= 15 is 0 Å². The Labute approximate surface area is 143 Å². The van der Waals surface area contributed by atoms with Crippen molar-refractivity contribution < 1.29 is 9.53 Å². The zero-order valence-corrected chi connectivity index (χ0v) is 14.0. The molecule has 0 saturated heterocycles. The van der Waals surface area contributed by atoms with Gasteiger partial charge in [0.25, 0.3) is 0 Å². The van der Waals surface area contributed by atoms with Crippen molar-refractivity contribution in [3.05, 3.63) is 65.7 Å². The minimum absolute atomic E-state index is 0.0270. The average Bonchev–Trinajstić information content (AvgIpc) is 2.65. The van der Waals surface area contributed by atoms with Gasteiger partial charge >= 0.3 is 0 Å². The predicted molar refractivity (Wildman–Crippen MR) is 95.3 cm³/mol. The van der Waals surface area contributed by atoms with Crippen LogP contribution in [0.4, 0.5) is 0 Å². The number of carbonyl (C=O) groups excluding carboxylic acids is 1. The summed E-state index contributed by atoms with van der Waals surface area (Å²) in [5, 5.41) is 6.23. The molecule has 0 aliphatic carbocycles. The van der Waals surface area contributed by atoms with E-state index in [9.17, 15) is 4.79 Å². The zero-order chi connectivity index (χ0) is 16.8. The number of hydrogen-bond donors (Lipinski definition) is 2. The van der Waals surface area contributed by atoms with Gasteiger partial charge in [0.2, 0.25) is 5.91 Å². The molecule has 1 heterocycles. The highest BCUT2D eigenvalue weighted by Crippen LogP contribution is 2.32. The van der Waals surface area contributed by atoms with E-state index in [-0.39, 0.29) is 11.9 Å². The van der Waals surface area contributed by atoms with Crippen molar-refractivity contribution in [2.24, 2.45) is 0 Å². The summed E-state index contributed by atoms with van der Waals surface area (Å²) in [5.74, 6) is 1.37. The summed E-state index contributed by atoms with van der Waals surface area (Å²) >= 11 is 0. The van der Waals surface area contributed by atoms with Gasteiger partial charge in [0.15, 0.2) is 0 Å². The number of hydrogen-bond acceptors (Lipinski definition) is 3. The van der Waals surface area contributed by atoms with Crippen molar-refractivity contribution in [2.75, 3.05) is 20.2 Å². The molecule has 0 fully saturated rings. The highest BCUT2D eigenvalue weighted by Gasteiger charge is 2.24. The van der Waals surface area contributed by atoms with Crippen molar-refractivity contribution >= 4 is 5.91 Å². The third-order valence-corrected chi connectivity index (χ3v) is 4.54. The van der Waals surface area contributed by atoms with Crippen LogP contribution in [0.5, 0.6) is 5.75 Å². The van der Waals surface area contributed by atoms with E-state index in [2.05, 4.69) is 28.8 Å². The van der Waals surface area contributed by atoms with E-state index < -0.39 is 0 Å². The summed E-state index contributed by atoms with van der Waals surface area (Å²) in [6, 6.07) is 18.1. The van der Waals surface area contributed by atoms with Crippen molar-refractivity contribution in [3.63, 3.8) is 0 Å². The number of carbonyl (C=O) groups is 1. The molecule has 1 amide bonds. The third-order valence-electron chi connectivity index (χ3n) is 4.54. The van der Waals surface area contributed by atoms with Crippen LogP contribution < -0.4 is 15.4 Å². The van der Waals surface area contributed by atoms with Crippen LogP contribution in [-0.2, 0) is 11.2 Å². The Morgan fingerprint density at radius 3 is 2.71 bits per heavy atom. The topological polar surface area (TPSA) is 50.4 Å². The molecule has 4 heteroatoms. The Kier molecular flexibility index (Phi) is 5.49. The van der Waals surface area contributed by atoms with Gasteiger partial charge < -0.3 is 15.4 Å². The molecule has 0 aromatic heterocycles. The van der Waals surface area contributed by atoms with Crippen LogP contribution >= 0.6 is 0 Å². The molecule has 0 saturated carbocycles. The summed E-state index contributed by atoms with van der Waals surface area (Å²) in [6.45, 7) is 1.50. The van der Waals surface area contributed by atoms with Crippen molar-refractivity contribution in [1.82, 2.24) is 10.6 Å². The third kappa shape index (κ3) is 3.95. The summed E-state index contributed by atoms with van der Waals surface area (Å²) in [6.07, 6.45) is 1.65. The quantitative estimate of drug-likeness (QED) is 0.858. The number of nitrogens with one attached hydrogen (secondary N) is 2. The van der Waals surface area contributed by atoms with Crippen LogP contribution in [0.25, 0.3) is 0 Å². The number of para-hydroxylation sites is 1. The Hall–Kier alpha value is -2.33. The number of rotatable bonds is 6. The fourth-order valence-corrected chi connectivity index (χ4v) is 3.19. The molecule has 1 aliphatic rings. The second-order valence-electron chi connectivity index (χ2n) is 6.14. The maximum absolute atomic E-state index is 12.2. The zero-order valence-electron chi connectivity index (χ0n) is 14.0. The first kappa shape index (κ1) is 16.5. The molecule has 2 N–H and O–H groups in total. The lowest BCUT2D eigenvalue weighted by Gasteiger charge is -2.28. The summed E-state index contributed by atoms with van der Waals surface area (Å²) in [7, 11) is 1.69. The molecule has 0 radical (unpaired) electrons. The Balaban J connectivity index is 1.67. The van der Waals surface area contributed by atoms with E-state index in [4.69, 9.17) is 4.74 Å². The first-order chi connectivity index (χ1) is 11.8. The summed E-state index contributed by atoms with van der Waals surface area (Å²) < 4.78 is 5.72. The van der Waals surface area contributed by atoms with E-state index in [1.54, 1.807) is 7.05 Å². The molecule has 1 aliphatic heterocycles. The van der Waals surface area contributed by atoms with E-state index in [0.717, 1.165) is 30.9 Å². The minimum atomic E-state index is -0.229. The molecule has 2 atom stereocenters. The molecule has 4 nitrogen and oxygen atoms in total. The van der Waals surface area contributed by atoms with Gasteiger partial charge in [-0.25, -0.2) is 0 Å². The van der Waals surface area contributed by atoms with E-state index in [0.29, 0.717) is 12.3 Å². The van der Waals surface area contributed by atoms with Gasteiger partial charge in [-0.2, -0.15) is 0 Å². The van der Waals surface area contributed by atoms with Crippen molar-refractivity contribution in [2.45, 2.75) is 24.8 Å². The largest absolute Gasteiger partial charge is 0.493 e. The van der Waals surface area contributed by atoms with Gasteiger partial charge in [-0.15, -0.1) is 0 Å². The highest BCUT2D eigenvalue weighted by atomic mass is 16.5. The normalized spacial score (nSPS) is 17.5. The van der Waals surface area contributed by atoms with E-state index in [1.165, 1.54) is 5.56 Å². The van der Waals surface area contributed by atoms with Gasteiger partial charge in [0, 0.05) is 19.5 Å². The van der Waals surface area contributed by atoms with Crippen LogP contribution in [0.1, 0.15) is 23.5 Å². The monoisotopic (exact) mass is 324 g/mol. The van der Waals surface area contributed by atoms with Crippen LogP contribution in [-0.4, -0.2) is 32.1 Å². The van der Waals surface area contributed by atoms with Crippen molar-refractivity contribution in [3.8, 4) is 5.75 Å². The van der Waals surface area contributed by atoms with Crippen LogP contribution in [0.15, 0.2) is 54.6 Å². The minimum Gasteiger partial charge on any atom is -0.493 e. The second-order valence-corrected chi connectivity index (χ2v) is 6.14. The standard InChI is InChI=1S/C20H24N2O2/c1-21-20(23)18(13-15-7-3-2-4-8-15)22-14-16-11-12-24-19-10-6-5-9-17(16)19/h2-10,16,18,22H,11-14H2,1H3,(H,21,23)/t16-,18-/m1/s1. The smallest absolute Gasteiger partial charge is 0.237 e. The Morgan fingerprint density at radius 2 is 1.92 bits per heavy atom. The Morgan fingerprint density at radius 1 is 1.17 bits per heavy atom. The lowest BCUT2D eigenvalue weighted by molar-refractivity contribution is -0.122. The first-order valence-corrected chi connectivity index (χ1v) is 8.48. The summed E-state index contributed by atoms with van der Waals surface area (Å²) in [5.41, 5.74) is 2.39. The number of ether oxygens (including phenoxy) is 1. The Bertz CT molecular complexity index is 672. The predicted octanol–water partition coefficient (Wildman–Crippen LogP) is 2.50. The van der Waals surface area contributed by atoms with Crippen LogP contribution in [0, 0.1) is 0 Å². The molecular formula is C20H24N2O2. The second kappa shape index (κ2) is 7.97. The van der Waals surface area contributed by atoms with Gasteiger partial charge in [0.1, 0.15) is 5.75 Å². The molecule has 126 valence electrons. The molecular weight excluding hydrogens is 300 g/mol. The van der Waals surface area contributed by atoms with Crippen LogP contribution in [0.2, 0.25) is 0 Å². The van der Waals surface area contributed by atoms with Gasteiger partial charge in [-0.1, -0.05) is 48.5 Å². The van der Waals surface area contributed by atoms with Gasteiger partial charge in [-0.3, -0.25) is 4.79 Å². The van der Waals surface area contributed by atoms with Gasteiger partial charge in [-0.05, 0) is 30.0 Å². The molecule has 0 spiro atoms. The number of amides is 1. The fraction of sp³-hybridized carbons (Fsp3) is 0.350. The lowest BCUT2D eigenvalue weighted by atomic mass is 9.92.